The first kappa shape index (κ1) is 13.3. The molecule has 2 fully saturated rings. The first-order chi connectivity index (χ1) is 9.81. The van der Waals surface area contributed by atoms with Gasteiger partial charge < -0.3 is 9.80 Å². The molecule has 3 rings (SSSR count). The van der Waals surface area contributed by atoms with Gasteiger partial charge in [-0.05, 0) is 44.3 Å². The van der Waals surface area contributed by atoms with Crippen molar-refractivity contribution < 1.29 is 4.79 Å². The fraction of sp³-hybridized carbons (Fsp3) is 0.643. The molecular weight excluding hydrogens is 254 g/mol. The number of anilines is 1. The van der Waals surface area contributed by atoms with Crippen LogP contribution in [0.2, 0.25) is 0 Å². The van der Waals surface area contributed by atoms with Crippen molar-refractivity contribution in [3.8, 4) is 0 Å². The third-order valence-electron chi connectivity index (χ3n) is 4.11. The summed E-state index contributed by atoms with van der Waals surface area (Å²) in [5, 5.41) is 2.82. The van der Waals surface area contributed by atoms with Gasteiger partial charge in [-0.1, -0.05) is 0 Å². The summed E-state index contributed by atoms with van der Waals surface area (Å²) in [6.45, 7) is 5.29. The van der Waals surface area contributed by atoms with E-state index in [4.69, 9.17) is 0 Å². The van der Waals surface area contributed by atoms with Gasteiger partial charge in [0, 0.05) is 25.8 Å². The van der Waals surface area contributed by atoms with Crippen molar-refractivity contribution in [2.45, 2.75) is 19.3 Å². The Morgan fingerprint density at radius 1 is 1.35 bits per heavy atom. The number of hydrogen-bond donors (Lipinski definition) is 1. The maximum Gasteiger partial charge on any atom is 0.323 e. The molecule has 0 saturated carbocycles. The van der Waals surface area contributed by atoms with E-state index < -0.39 is 0 Å². The summed E-state index contributed by atoms with van der Waals surface area (Å²) >= 11 is 0. The lowest BCUT2D eigenvalue weighted by atomic mass is 10.1. The Hall–Kier alpha value is -1.69. The molecule has 0 radical (unpaired) electrons. The van der Waals surface area contributed by atoms with Crippen LogP contribution in [0.5, 0.6) is 0 Å². The number of likely N-dealkylation sites (tertiary alicyclic amines) is 2. The van der Waals surface area contributed by atoms with E-state index in [1.54, 1.807) is 12.3 Å². The molecule has 3 heterocycles. The molecule has 0 spiro atoms. The monoisotopic (exact) mass is 275 g/mol. The van der Waals surface area contributed by atoms with Gasteiger partial charge in [0.05, 0.1) is 0 Å². The molecule has 0 bridgehead atoms. The van der Waals surface area contributed by atoms with E-state index in [0.717, 1.165) is 26.1 Å². The van der Waals surface area contributed by atoms with Crippen LogP contribution in [0.4, 0.5) is 10.6 Å². The van der Waals surface area contributed by atoms with Crippen LogP contribution < -0.4 is 5.32 Å². The van der Waals surface area contributed by atoms with E-state index in [0.29, 0.717) is 11.7 Å². The predicted octanol–water partition coefficient (Wildman–Crippen LogP) is 1.43. The zero-order chi connectivity index (χ0) is 13.8. The number of carbonyl (C=O) groups is 1. The summed E-state index contributed by atoms with van der Waals surface area (Å²) in [7, 11) is 0. The van der Waals surface area contributed by atoms with E-state index in [2.05, 4.69) is 20.2 Å². The zero-order valence-corrected chi connectivity index (χ0v) is 11.7. The zero-order valence-electron chi connectivity index (χ0n) is 11.7. The highest BCUT2D eigenvalue weighted by Gasteiger charge is 2.28. The number of nitrogens with one attached hydrogen (secondary N) is 1. The molecular formula is C14H21N5O. The average Bonchev–Trinajstić information content (AvgIpc) is 3.12. The molecule has 2 amide bonds. The van der Waals surface area contributed by atoms with Crippen molar-refractivity contribution in [1.29, 1.82) is 0 Å². The van der Waals surface area contributed by atoms with Crippen LogP contribution in [-0.4, -0.2) is 58.5 Å². The number of nitrogens with zero attached hydrogens (tertiary/aromatic N) is 4. The molecule has 2 aliphatic heterocycles. The van der Waals surface area contributed by atoms with E-state index in [1.165, 1.54) is 32.3 Å². The highest BCUT2D eigenvalue weighted by atomic mass is 16.2. The second-order valence-electron chi connectivity index (χ2n) is 5.63. The minimum Gasteiger partial charge on any atom is -0.324 e. The Labute approximate surface area is 119 Å². The van der Waals surface area contributed by atoms with E-state index in [9.17, 15) is 4.79 Å². The Balaban J connectivity index is 1.47. The van der Waals surface area contributed by atoms with Crippen molar-refractivity contribution in [3.63, 3.8) is 0 Å². The van der Waals surface area contributed by atoms with Crippen molar-refractivity contribution in [2.75, 3.05) is 38.0 Å². The lowest BCUT2D eigenvalue weighted by Gasteiger charge is -2.20. The lowest BCUT2D eigenvalue weighted by Crippen LogP contribution is -2.35. The second kappa shape index (κ2) is 6.17. The first-order valence-electron chi connectivity index (χ1n) is 7.35. The van der Waals surface area contributed by atoms with Crippen molar-refractivity contribution in [1.82, 2.24) is 19.8 Å². The third-order valence-corrected chi connectivity index (χ3v) is 4.11. The number of hydrogen-bond acceptors (Lipinski definition) is 4. The van der Waals surface area contributed by atoms with Gasteiger partial charge in [0.1, 0.15) is 12.1 Å². The maximum atomic E-state index is 12.1. The molecule has 0 aromatic carbocycles. The van der Waals surface area contributed by atoms with Crippen molar-refractivity contribution in [3.05, 3.63) is 18.6 Å². The quantitative estimate of drug-likeness (QED) is 0.906. The van der Waals surface area contributed by atoms with Gasteiger partial charge in [-0.2, -0.15) is 0 Å². The molecule has 1 N–H and O–H groups in total. The summed E-state index contributed by atoms with van der Waals surface area (Å²) in [6, 6.07) is 1.66. The van der Waals surface area contributed by atoms with Crippen LogP contribution in [0.1, 0.15) is 19.3 Å². The van der Waals surface area contributed by atoms with Gasteiger partial charge in [0.2, 0.25) is 0 Å². The van der Waals surface area contributed by atoms with Crippen LogP contribution in [0.15, 0.2) is 18.6 Å². The van der Waals surface area contributed by atoms with Gasteiger partial charge in [-0.25, -0.2) is 14.8 Å². The van der Waals surface area contributed by atoms with E-state index >= 15 is 0 Å². The Morgan fingerprint density at radius 3 is 2.95 bits per heavy atom. The van der Waals surface area contributed by atoms with Crippen LogP contribution in [0, 0.1) is 5.92 Å². The van der Waals surface area contributed by atoms with Crippen LogP contribution in [0.25, 0.3) is 0 Å². The van der Waals surface area contributed by atoms with E-state index in [-0.39, 0.29) is 6.03 Å². The summed E-state index contributed by atoms with van der Waals surface area (Å²) in [5.41, 5.74) is 0. The molecule has 6 heteroatoms. The fourth-order valence-electron chi connectivity index (χ4n) is 3.05. The molecule has 108 valence electrons. The van der Waals surface area contributed by atoms with Crippen LogP contribution in [-0.2, 0) is 0 Å². The van der Waals surface area contributed by atoms with Gasteiger partial charge >= 0.3 is 6.03 Å². The Morgan fingerprint density at radius 2 is 2.20 bits per heavy atom. The van der Waals surface area contributed by atoms with E-state index in [1.807, 2.05) is 4.90 Å². The number of amides is 2. The fourth-order valence-corrected chi connectivity index (χ4v) is 3.05. The summed E-state index contributed by atoms with van der Waals surface area (Å²) < 4.78 is 0. The molecule has 2 aliphatic rings. The molecule has 1 unspecified atom stereocenters. The van der Waals surface area contributed by atoms with Crippen LogP contribution >= 0.6 is 0 Å². The topological polar surface area (TPSA) is 61.4 Å². The smallest absolute Gasteiger partial charge is 0.323 e. The normalized spacial score (nSPS) is 23.2. The Bertz CT molecular complexity index is 446. The number of carbonyl (C=O) groups excluding carboxylic acids is 1. The van der Waals surface area contributed by atoms with Gasteiger partial charge in [0.25, 0.3) is 0 Å². The standard InChI is InChI=1S/C14H21N5O/c20-14(17-13-3-5-15-11-16-13)19-8-4-12(10-19)9-18-6-1-2-7-18/h3,5,11-12H,1-2,4,6-10H2,(H,15,16,17,20). The molecule has 1 aromatic rings. The SMILES string of the molecule is O=C(Nc1ccncn1)N1CCC(CN2CCCC2)C1. The summed E-state index contributed by atoms with van der Waals surface area (Å²) in [6.07, 6.45) is 6.82. The third kappa shape index (κ3) is 3.25. The van der Waals surface area contributed by atoms with Gasteiger partial charge in [-0.3, -0.25) is 5.32 Å². The second-order valence-corrected chi connectivity index (χ2v) is 5.63. The van der Waals surface area contributed by atoms with Crippen LogP contribution in [0.3, 0.4) is 0 Å². The first-order valence-corrected chi connectivity index (χ1v) is 7.35. The highest BCUT2D eigenvalue weighted by Crippen LogP contribution is 2.20. The molecule has 1 atom stereocenters. The van der Waals surface area contributed by atoms with Crippen molar-refractivity contribution >= 4 is 11.8 Å². The van der Waals surface area contributed by atoms with Crippen molar-refractivity contribution in [2.24, 2.45) is 5.92 Å². The Kier molecular flexibility index (Phi) is 4.11. The molecule has 0 aliphatic carbocycles. The molecule has 1 aromatic heterocycles. The summed E-state index contributed by atoms with van der Waals surface area (Å²) in [4.78, 5) is 24.4. The minimum atomic E-state index is -0.0485. The lowest BCUT2D eigenvalue weighted by molar-refractivity contribution is 0.217. The molecule has 20 heavy (non-hydrogen) atoms. The molecule has 2 saturated heterocycles. The average molecular weight is 275 g/mol. The minimum absolute atomic E-state index is 0.0485. The highest BCUT2D eigenvalue weighted by molar-refractivity contribution is 5.88. The number of aromatic nitrogens is 2. The van der Waals surface area contributed by atoms with Gasteiger partial charge in [0.15, 0.2) is 0 Å². The van der Waals surface area contributed by atoms with Gasteiger partial charge in [-0.15, -0.1) is 0 Å². The number of rotatable bonds is 3. The predicted molar refractivity (Wildman–Crippen MR) is 76.4 cm³/mol. The molecule has 6 nitrogen and oxygen atoms in total. The number of urea groups is 1. The largest absolute Gasteiger partial charge is 0.324 e. The summed E-state index contributed by atoms with van der Waals surface area (Å²) in [5.74, 6) is 1.18. The maximum absolute atomic E-state index is 12.1.